The lowest BCUT2D eigenvalue weighted by molar-refractivity contribution is -0.115. The number of nitrogens with zero attached hydrogens (tertiary/aromatic N) is 3. The molecule has 0 aliphatic heterocycles. The fraction of sp³-hybridized carbons (Fsp3) is 0. The first-order valence-electron chi connectivity index (χ1n) is 2.81. The molecule has 0 fully saturated rings. The van der Waals surface area contributed by atoms with Crippen LogP contribution in [-0.2, 0) is 9.59 Å². The van der Waals surface area contributed by atoms with Gasteiger partial charge in [-0.25, -0.2) is 15.1 Å². The second-order valence-electron chi connectivity index (χ2n) is 1.64. The van der Waals surface area contributed by atoms with Crippen LogP contribution in [0.2, 0.25) is 0 Å². The Kier molecular flexibility index (Phi) is 2.21. The third-order valence-corrected chi connectivity index (χ3v) is 1.02. The molecule has 6 heteroatoms. The molecule has 58 valence electrons. The summed E-state index contributed by atoms with van der Waals surface area (Å²) >= 11 is 0. The lowest BCUT2D eigenvalue weighted by Crippen LogP contribution is -2.43. The molecule has 0 aliphatic rings. The summed E-state index contributed by atoms with van der Waals surface area (Å²) in [6, 6.07) is 0. The first-order chi connectivity index (χ1) is 5.38. The zero-order valence-corrected chi connectivity index (χ0v) is 5.54. The SMILES string of the molecule is O=CNN(C=O)n1ccnc1. The maximum Gasteiger partial charge on any atom is 0.248 e. The fourth-order valence-corrected chi connectivity index (χ4v) is 0.585. The summed E-state index contributed by atoms with van der Waals surface area (Å²) in [6.45, 7) is 0. The van der Waals surface area contributed by atoms with Crippen molar-refractivity contribution in [1.82, 2.24) is 15.1 Å². The lowest BCUT2D eigenvalue weighted by atomic mass is 10.9. The molecule has 0 saturated heterocycles. The Morgan fingerprint density at radius 3 is 2.82 bits per heavy atom. The van der Waals surface area contributed by atoms with Gasteiger partial charge in [-0.05, 0) is 0 Å². The highest BCUT2D eigenvalue weighted by Crippen LogP contribution is 1.82. The van der Waals surface area contributed by atoms with E-state index in [2.05, 4.69) is 10.4 Å². The average Bonchev–Trinajstić information content (AvgIpc) is 2.52. The van der Waals surface area contributed by atoms with E-state index < -0.39 is 0 Å². The fourth-order valence-electron chi connectivity index (χ4n) is 0.585. The number of amides is 2. The minimum absolute atomic E-state index is 0.397. The summed E-state index contributed by atoms with van der Waals surface area (Å²) in [5.41, 5.74) is 2.14. The zero-order valence-electron chi connectivity index (χ0n) is 5.54. The Bertz CT molecular complexity index is 233. The number of nitrogens with one attached hydrogen (secondary N) is 1. The van der Waals surface area contributed by atoms with E-state index in [1.165, 1.54) is 23.4 Å². The standard InChI is InChI=1S/C5H6N4O2/c10-4-7-9(5-11)8-2-1-6-3-8/h1-5H,(H,7,10). The molecule has 1 N–H and O–H groups in total. The molecule has 0 atom stereocenters. The monoisotopic (exact) mass is 154 g/mol. The summed E-state index contributed by atoms with van der Waals surface area (Å²) in [5.74, 6) is 0. The van der Waals surface area contributed by atoms with Crippen molar-refractivity contribution in [3.63, 3.8) is 0 Å². The molecule has 0 radical (unpaired) electrons. The van der Waals surface area contributed by atoms with Gasteiger partial charge < -0.3 is 0 Å². The molecule has 0 unspecified atom stereocenters. The van der Waals surface area contributed by atoms with Crippen LogP contribution in [0.15, 0.2) is 18.7 Å². The van der Waals surface area contributed by atoms with E-state index >= 15 is 0 Å². The summed E-state index contributed by atoms with van der Waals surface area (Å²) in [5, 5.41) is 0.944. The Labute approximate surface area is 62.4 Å². The smallest absolute Gasteiger partial charge is 0.248 e. The maximum atomic E-state index is 10.2. The van der Waals surface area contributed by atoms with Gasteiger partial charge in [0.2, 0.25) is 12.8 Å². The van der Waals surface area contributed by atoms with E-state index in [9.17, 15) is 9.59 Å². The highest BCUT2D eigenvalue weighted by molar-refractivity contribution is 5.64. The van der Waals surface area contributed by atoms with Gasteiger partial charge in [0.25, 0.3) is 0 Å². The third-order valence-electron chi connectivity index (χ3n) is 1.02. The van der Waals surface area contributed by atoms with E-state index in [-0.39, 0.29) is 0 Å². The van der Waals surface area contributed by atoms with Gasteiger partial charge >= 0.3 is 0 Å². The number of imidazole rings is 1. The number of carbonyl (C=O) groups excluding carboxylic acids is 2. The number of hydrogen-bond donors (Lipinski definition) is 1. The third kappa shape index (κ3) is 1.54. The van der Waals surface area contributed by atoms with Crippen molar-refractivity contribution in [2.75, 3.05) is 5.12 Å². The highest BCUT2D eigenvalue weighted by Gasteiger charge is 1.98. The van der Waals surface area contributed by atoms with Crippen molar-refractivity contribution in [2.45, 2.75) is 0 Å². The number of aromatic nitrogens is 2. The van der Waals surface area contributed by atoms with E-state index in [0.717, 1.165) is 5.12 Å². The summed E-state index contributed by atoms with van der Waals surface area (Å²) < 4.78 is 1.32. The van der Waals surface area contributed by atoms with Gasteiger partial charge in [-0.15, -0.1) is 0 Å². The predicted molar refractivity (Wildman–Crippen MR) is 35.7 cm³/mol. The first-order valence-corrected chi connectivity index (χ1v) is 2.81. The number of rotatable bonds is 4. The van der Waals surface area contributed by atoms with Crippen LogP contribution in [-0.4, -0.2) is 22.5 Å². The van der Waals surface area contributed by atoms with Crippen LogP contribution in [0.4, 0.5) is 0 Å². The second kappa shape index (κ2) is 3.35. The lowest BCUT2D eigenvalue weighted by Gasteiger charge is -2.14. The minimum atomic E-state index is 0.397. The normalized spacial score (nSPS) is 8.73. The largest absolute Gasteiger partial charge is 0.277 e. The van der Waals surface area contributed by atoms with Gasteiger partial charge in [0.15, 0.2) is 0 Å². The van der Waals surface area contributed by atoms with Gasteiger partial charge in [-0.2, -0.15) is 5.12 Å². The van der Waals surface area contributed by atoms with Gasteiger partial charge in [0, 0.05) is 12.4 Å². The minimum Gasteiger partial charge on any atom is -0.277 e. The topological polar surface area (TPSA) is 67.2 Å². The number of hydrazine groups is 1. The van der Waals surface area contributed by atoms with Crippen molar-refractivity contribution < 1.29 is 9.59 Å². The Morgan fingerprint density at radius 1 is 1.55 bits per heavy atom. The van der Waals surface area contributed by atoms with Crippen molar-refractivity contribution in [2.24, 2.45) is 0 Å². The van der Waals surface area contributed by atoms with Crippen molar-refractivity contribution in [3.05, 3.63) is 18.7 Å². The highest BCUT2D eigenvalue weighted by atomic mass is 16.2. The van der Waals surface area contributed by atoms with Crippen molar-refractivity contribution in [1.29, 1.82) is 0 Å². The molecule has 1 aromatic heterocycles. The van der Waals surface area contributed by atoms with Crippen LogP contribution in [0, 0.1) is 0 Å². The Hall–Kier alpha value is -1.85. The average molecular weight is 154 g/mol. The van der Waals surface area contributed by atoms with E-state index in [4.69, 9.17) is 0 Å². The summed E-state index contributed by atoms with van der Waals surface area (Å²) in [6.07, 6.45) is 5.24. The molecule has 0 aliphatic carbocycles. The zero-order chi connectivity index (χ0) is 8.10. The van der Waals surface area contributed by atoms with Gasteiger partial charge in [0.05, 0.1) is 0 Å². The molecule has 0 saturated carbocycles. The van der Waals surface area contributed by atoms with Crippen LogP contribution >= 0.6 is 0 Å². The van der Waals surface area contributed by atoms with Gasteiger partial charge in [-0.3, -0.25) is 9.59 Å². The molecule has 11 heavy (non-hydrogen) atoms. The van der Waals surface area contributed by atoms with Gasteiger partial charge in [0.1, 0.15) is 6.33 Å². The second-order valence-corrected chi connectivity index (χ2v) is 1.64. The Balaban J connectivity index is 2.70. The van der Waals surface area contributed by atoms with Crippen LogP contribution in [0.5, 0.6) is 0 Å². The van der Waals surface area contributed by atoms with Crippen molar-refractivity contribution >= 4 is 12.8 Å². The van der Waals surface area contributed by atoms with E-state index in [1.54, 1.807) is 0 Å². The van der Waals surface area contributed by atoms with Gasteiger partial charge in [-0.1, -0.05) is 0 Å². The van der Waals surface area contributed by atoms with E-state index in [1.807, 2.05) is 0 Å². The van der Waals surface area contributed by atoms with E-state index in [0.29, 0.717) is 12.8 Å². The maximum absolute atomic E-state index is 10.2. The molecular weight excluding hydrogens is 148 g/mol. The molecule has 2 amide bonds. The van der Waals surface area contributed by atoms with Crippen LogP contribution < -0.4 is 10.5 Å². The van der Waals surface area contributed by atoms with Crippen LogP contribution in [0.3, 0.4) is 0 Å². The molecular formula is C5H6N4O2. The number of carbonyl (C=O) groups is 2. The molecule has 1 rings (SSSR count). The molecule has 0 bridgehead atoms. The summed E-state index contributed by atoms with van der Waals surface area (Å²) in [4.78, 5) is 23.9. The molecule has 1 heterocycles. The Morgan fingerprint density at radius 2 is 2.36 bits per heavy atom. The first kappa shape index (κ1) is 7.26. The van der Waals surface area contributed by atoms with Crippen LogP contribution in [0.25, 0.3) is 0 Å². The quantitative estimate of drug-likeness (QED) is 0.430. The molecule has 6 nitrogen and oxygen atoms in total. The van der Waals surface area contributed by atoms with Crippen molar-refractivity contribution in [3.8, 4) is 0 Å². The van der Waals surface area contributed by atoms with Crippen LogP contribution in [0.1, 0.15) is 0 Å². The predicted octanol–water partition coefficient (Wildman–Crippen LogP) is -1.36. The molecule has 0 aromatic carbocycles. The summed E-state index contributed by atoms with van der Waals surface area (Å²) in [7, 11) is 0. The molecule has 1 aromatic rings. The molecule has 0 spiro atoms. The number of hydrogen-bond acceptors (Lipinski definition) is 3.